The summed E-state index contributed by atoms with van der Waals surface area (Å²) >= 11 is 3.34. The number of aromatic amines is 1. The first-order valence-electron chi connectivity index (χ1n) is 8.44. The van der Waals surface area contributed by atoms with E-state index in [2.05, 4.69) is 30.8 Å². The molecule has 1 aliphatic rings. The summed E-state index contributed by atoms with van der Waals surface area (Å²) in [4.78, 5) is 10.5. The fourth-order valence-electron chi connectivity index (χ4n) is 3.18. The summed E-state index contributed by atoms with van der Waals surface area (Å²) in [6.45, 7) is 3.04. The van der Waals surface area contributed by atoms with Crippen molar-refractivity contribution in [2.45, 2.75) is 11.4 Å². The highest BCUT2D eigenvalue weighted by Gasteiger charge is 2.28. The third-order valence-corrected chi connectivity index (χ3v) is 7.04. The molecular weight excluding hydrogens is 416 g/mol. The van der Waals surface area contributed by atoms with Crippen molar-refractivity contribution in [2.75, 3.05) is 26.2 Å². The number of imidazole rings is 1. The lowest BCUT2D eigenvalue weighted by molar-refractivity contribution is 0.178. The van der Waals surface area contributed by atoms with E-state index in [9.17, 15) is 8.42 Å². The van der Waals surface area contributed by atoms with Gasteiger partial charge in [-0.15, -0.1) is 0 Å². The number of nitrogens with one attached hydrogen (secondary N) is 1. The Labute approximate surface area is 161 Å². The summed E-state index contributed by atoms with van der Waals surface area (Å²) in [7, 11) is -3.43. The van der Waals surface area contributed by atoms with Crippen molar-refractivity contribution in [2.24, 2.45) is 0 Å². The van der Waals surface area contributed by atoms with Gasteiger partial charge in [0.1, 0.15) is 5.82 Å². The van der Waals surface area contributed by atoms with Gasteiger partial charge in [-0.2, -0.15) is 4.31 Å². The van der Waals surface area contributed by atoms with E-state index in [1.165, 1.54) is 0 Å². The van der Waals surface area contributed by atoms with Gasteiger partial charge < -0.3 is 4.98 Å². The monoisotopic (exact) mass is 434 g/mol. The van der Waals surface area contributed by atoms with Crippen molar-refractivity contribution < 1.29 is 8.42 Å². The first-order chi connectivity index (χ1) is 12.5. The third-order valence-electron chi connectivity index (χ3n) is 4.59. The van der Waals surface area contributed by atoms with Gasteiger partial charge in [0.2, 0.25) is 10.0 Å². The number of nitrogens with zero attached hydrogens (tertiary/aromatic N) is 3. The van der Waals surface area contributed by atoms with Crippen molar-refractivity contribution in [3.05, 3.63) is 58.8 Å². The molecule has 6 nitrogen and oxygen atoms in total. The van der Waals surface area contributed by atoms with E-state index in [1.54, 1.807) is 28.6 Å². The Hall–Kier alpha value is -1.74. The number of piperazine rings is 1. The van der Waals surface area contributed by atoms with Crippen LogP contribution in [0.1, 0.15) is 5.82 Å². The molecule has 2 aromatic carbocycles. The molecule has 1 saturated heterocycles. The van der Waals surface area contributed by atoms with E-state index >= 15 is 0 Å². The number of hydrogen-bond donors (Lipinski definition) is 1. The first kappa shape index (κ1) is 17.7. The highest BCUT2D eigenvalue weighted by Crippen LogP contribution is 2.20. The van der Waals surface area contributed by atoms with Gasteiger partial charge >= 0.3 is 0 Å². The summed E-state index contributed by atoms with van der Waals surface area (Å²) in [5, 5.41) is 0. The molecule has 0 atom stereocenters. The molecule has 0 aliphatic carbocycles. The van der Waals surface area contributed by atoms with E-state index < -0.39 is 10.0 Å². The van der Waals surface area contributed by atoms with Gasteiger partial charge in [-0.25, -0.2) is 13.4 Å². The number of fused-ring (bicyclic) bond motifs is 1. The normalized spacial score (nSPS) is 17.0. The van der Waals surface area contributed by atoms with Crippen LogP contribution in [0, 0.1) is 0 Å². The average Bonchev–Trinajstić information content (AvgIpc) is 3.05. The summed E-state index contributed by atoms with van der Waals surface area (Å²) in [5.41, 5.74) is 1.98. The average molecular weight is 435 g/mol. The minimum atomic E-state index is -3.43. The van der Waals surface area contributed by atoms with E-state index in [-0.39, 0.29) is 0 Å². The molecule has 1 N–H and O–H groups in total. The minimum Gasteiger partial charge on any atom is -0.341 e. The molecule has 4 rings (SSSR count). The van der Waals surface area contributed by atoms with E-state index in [1.807, 2.05) is 24.3 Å². The maximum absolute atomic E-state index is 12.8. The molecule has 1 aromatic heterocycles. The molecule has 1 aliphatic heterocycles. The quantitative estimate of drug-likeness (QED) is 0.685. The molecule has 3 aromatic rings. The topological polar surface area (TPSA) is 69.3 Å². The van der Waals surface area contributed by atoms with E-state index in [4.69, 9.17) is 0 Å². The lowest BCUT2D eigenvalue weighted by Gasteiger charge is -2.33. The van der Waals surface area contributed by atoms with Crippen LogP contribution in [-0.2, 0) is 16.6 Å². The van der Waals surface area contributed by atoms with E-state index in [0.717, 1.165) is 21.3 Å². The second-order valence-corrected chi connectivity index (χ2v) is 9.19. The molecule has 26 heavy (non-hydrogen) atoms. The molecule has 0 amide bonds. The van der Waals surface area contributed by atoms with Crippen molar-refractivity contribution in [3.63, 3.8) is 0 Å². The standard InChI is InChI=1S/C18H19BrN4O2S/c19-14-5-7-15(8-6-14)26(24,25)23-11-9-22(10-12-23)13-18-20-16-3-1-2-4-17(16)21-18/h1-8H,9-13H2,(H,20,21). The maximum atomic E-state index is 12.8. The lowest BCUT2D eigenvalue weighted by atomic mass is 10.3. The van der Waals surface area contributed by atoms with Crippen molar-refractivity contribution >= 4 is 37.0 Å². The molecule has 0 spiro atoms. The Kier molecular flexibility index (Phi) is 4.83. The van der Waals surface area contributed by atoms with Crippen LogP contribution in [-0.4, -0.2) is 53.8 Å². The molecule has 0 saturated carbocycles. The molecule has 2 heterocycles. The van der Waals surface area contributed by atoms with Gasteiger partial charge in [0.15, 0.2) is 0 Å². The van der Waals surface area contributed by atoms with Crippen LogP contribution < -0.4 is 0 Å². The molecule has 0 bridgehead atoms. The van der Waals surface area contributed by atoms with Gasteiger partial charge in [-0.05, 0) is 36.4 Å². The van der Waals surface area contributed by atoms with Gasteiger partial charge in [0.05, 0.1) is 22.5 Å². The number of H-pyrrole nitrogens is 1. The zero-order valence-electron chi connectivity index (χ0n) is 14.1. The Bertz CT molecular complexity index is 976. The Morgan fingerprint density at radius 1 is 1.00 bits per heavy atom. The van der Waals surface area contributed by atoms with Crippen molar-refractivity contribution in [1.82, 2.24) is 19.2 Å². The second-order valence-electron chi connectivity index (χ2n) is 6.33. The SMILES string of the molecule is O=S(=O)(c1ccc(Br)cc1)N1CCN(Cc2nc3ccccc3[nH]2)CC1. The first-order valence-corrected chi connectivity index (χ1v) is 10.7. The summed E-state index contributed by atoms with van der Waals surface area (Å²) in [5.74, 6) is 0.912. The number of benzene rings is 2. The number of rotatable bonds is 4. The molecule has 136 valence electrons. The fourth-order valence-corrected chi connectivity index (χ4v) is 4.86. The van der Waals surface area contributed by atoms with E-state index in [0.29, 0.717) is 37.6 Å². The van der Waals surface area contributed by atoms with Gasteiger partial charge in [-0.1, -0.05) is 28.1 Å². The Morgan fingerprint density at radius 2 is 1.69 bits per heavy atom. The lowest BCUT2D eigenvalue weighted by Crippen LogP contribution is -2.48. The predicted molar refractivity (Wildman–Crippen MR) is 104 cm³/mol. The smallest absolute Gasteiger partial charge is 0.243 e. The highest BCUT2D eigenvalue weighted by atomic mass is 79.9. The predicted octanol–water partition coefficient (Wildman–Crippen LogP) is 2.83. The third kappa shape index (κ3) is 3.55. The molecule has 1 fully saturated rings. The largest absolute Gasteiger partial charge is 0.341 e. The van der Waals surface area contributed by atoms with Crippen LogP contribution in [0.3, 0.4) is 0 Å². The van der Waals surface area contributed by atoms with Crippen molar-refractivity contribution in [3.8, 4) is 0 Å². The highest BCUT2D eigenvalue weighted by molar-refractivity contribution is 9.10. The second kappa shape index (κ2) is 7.11. The van der Waals surface area contributed by atoms with Crippen LogP contribution in [0.5, 0.6) is 0 Å². The summed E-state index contributed by atoms with van der Waals surface area (Å²) in [6, 6.07) is 14.7. The summed E-state index contributed by atoms with van der Waals surface area (Å²) < 4.78 is 27.9. The number of sulfonamides is 1. The minimum absolute atomic E-state index is 0.339. The van der Waals surface area contributed by atoms with Crippen LogP contribution in [0.2, 0.25) is 0 Å². The maximum Gasteiger partial charge on any atom is 0.243 e. The Morgan fingerprint density at radius 3 is 2.38 bits per heavy atom. The molecule has 0 unspecified atom stereocenters. The van der Waals surface area contributed by atoms with Gasteiger partial charge in [0.25, 0.3) is 0 Å². The Balaban J connectivity index is 1.41. The van der Waals surface area contributed by atoms with Crippen molar-refractivity contribution in [1.29, 1.82) is 0 Å². The van der Waals surface area contributed by atoms with Crippen LogP contribution in [0.4, 0.5) is 0 Å². The number of halogens is 1. The molecule has 0 radical (unpaired) electrons. The number of para-hydroxylation sites is 2. The molecule has 8 heteroatoms. The number of hydrogen-bond acceptors (Lipinski definition) is 4. The molecular formula is C18H19BrN4O2S. The number of aromatic nitrogens is 2. The zero-order valence-corrected chi connectivity index (χ0v) is 16.5. The zero-order chi connectivity index (χ0) is 18.1. The summed E-state index contributed by atoms with van der Waals surface area (Å²) in [6.07, 6.45) is 0. The van der Waals surface area contributed by atoms with Gasteiger partial charge in [0, 0.05) is 30.7 Å². The van der Waals surface area contributed by atoms with Crippen LogP contribution in [0.15, 0.2) is 57.9 Å². The van der Waals surface area contributed by atoms with Gasteiger partial charge in [-0.3, -0.25) is 4.90 Å². The van der Waals surface area contributed by atoms with Crippen LogP contribution in [0.25, 0.3) is 11.0 Å². The fraction of sp³-hybridized carbons (Fsp3) is 0.278. The van der Waals surface area contributed by atoms with Crippen LogP contribution >= 0.6 is 15.9 Å².